The molecule has 3 N–H and O–H groups in total. The Bertz CT molecular complexity index is 480. The fourth-order valence-corrected chi connectivity index (χ4v) is 2.98. The van der Waals surface area contributed by atoms with E-state index in [1.165, 1.54) is 11.3 Å². The maximum Gasteiger partial charge on any atom is 0.273 e. The third-order valence-corrected chi connectivity index (χ3v) is 4.10. The summed E-state index contributed by atoms with van der Waals surface area (Å²) in [6.07, 6.45) is 4.16. The van der Waals surface area contributed by atoms with Gasteiger partial charge in [-0.2, -0.15) is 0 Å². The summed E-state index contributed by atoms with van der Waals surface area (Å²) in [5, 5.41) is 14.3. The highest BCUT2D eigenvalue weighted by molar-refractivity contribution is 7.09. The lowest BCUT2D eigenvalue weighted by molar-refractivity contribution is 0.0707. The number of amidine groups is 1. The maximum absolute atomic E-state index is 12.5. The zero-order chi connectivity index (χ0) is 13.8. The van der Waals surface area contributed by atoms with Gasteiger partial charge in [0.25, 0.3) is 5.91 Å². The van der Waals surface area contributed by atoms with Crippen molar-refractivity contribution in [3.63, 3.8) is 0 Å². The molecule has 1 aliphatic carbocycles. The number of carbonyl (C=O) groups excluding carboxylic acids is 1. The predicted octanol–water partition coefficient (Wildman–Crippen LogP) is 1.58. The van der Waals surface area contributed by atoms with Crippen LogP contribution in [0.5, 0.6) is 0 Å². The molecule has 2 rings (SSSR count). The third kappa shape index (κ3) is 3.23. The summed E-state index contributed by atoms with van der Waals surface area (Å²) in [5.74, 6) is -0.0879. The van der Waals surface area contributed by atoms with Crippen LogP contribution >= 0.6 is 11.3 Å². The molecule has 1 aromatic rings. The lowest BCUT2D eigenvalue weighted by Gasteiger charge is -2.27. The maximum atomic E-state index is 12.5. The number of hydrogen-bond acceptors (Lipinski definition) is 5. The molecule has 0 radical (unpaired) electrons. The topological polar surface area (TPSA) is 91.8 Å². The molecule has 0 spiro atoms. The van der Waals surface area contributed by atoms with Crippen LogP contribution in [0, 0.1) is 6.92 Å². The Labute approximate surface area is 115 Å². The van der Waals surface area contributed by atoms with Gasteiger partial charge in [0, 0.05) is 11.4 Å². The van der Waals surface area contributed by atoms with Gasteiger partial charge in [0.05, 0.1) is 11.6 Å². The van der Waals surface area contributed by atoms with Gasteiger partial charge in [-0.05, 0) is 19.8 Å². The van der Waals surface area contributed by atoms with E-state index in [1.807, 2.05) is 6.92 Å². The minimum absolute atomic E-state index is 0.0483. The normalized spacial score (nSPS) is 16.8. The second kappa shape index (κ2) is 6.01. The Hall–Kier alpha value is -1.63. The number of amides is 1. The van der Waals surface area contributed by atoms with Crippen molar-refractivity contribution in [2.75, 3.05) is 6.54 Å². The standard InChI is InChI=1S/C12H18N4O2S/c1-8-14-10(7-19-8)12(17)16(6-11(13)15-18)9-4-2-3-5-9/h7,9,18H,2-6H2,1H3,(H2,13,15). The molecule has 7 heteroatoms. The first-order chi connectivity index (χ1) is 9.11. The Balaban J connectivity index is 2.18. The molecular weight excluding hydrogens is 264 g/mol. The van der Waals surface area contributed by atoms with Crippen molar-refractivity contribution >= 4 is 23.1 Å². The van der Waals surface area contributed by atoms with Crippen LogP contribution in [0.25, 0.3) is 0 Å². The molecule has 1 amide bonds. The zero-order valence-corrected chi connectivity index (χ0v) is 11.7. The van der Waals surface area contributed by atoms with E-state index in [1.54, 1.807) is 10.3 Å². The molecule has 1 saturated carbocycles. The molecule has 6 nitrogen and oxygen atoms in total. The number of thiazole rings is 1. The van der Waals surface area contributed by atoms with E-state index in [-0.39, 0.29) is 24.3 Å². The summed E-state index contributed by atoms with van der Waals surface area (Å²) in [5.41, 5.74) is 6.00. The Morgan fingerprint density at radius 3 is 2.84 bits per heavy atom. The second-order valence-corrected chi connectivity index (χ2v) is 5.78. The number of aromatic nitrogens is 1. The molecule has 0 aromatic carbocycles. The van der Waals surface area contributed by atoms with Gasteiger partial charge in [-0.1, -0.05) is 18.0 Å². The third-order valence-electron chi connectivity index (χ3n) is 3.33. The predicted molar refractivity (Wildman–Crippen MR) is 73.6 cm³/mol. The van der Waals surface area contributed by atoms with Gasteiger partial charge in [0.15, 0.2) is 5.84 Å². The lowest BCUT2D eigenvalue weighted by atomic mass is 10.2. The molecular formula is C12H18N4O2S. The van der Waals surface area contributed by atoms with Crippen molar-refractivity contribution in [1.29, 1.82) is 0 Å². The number of hydrogen-bond donors (Lipinski definition) is 2. The average molecular weight is 282 g/mol. The van der Waals surface area contributed by atoms with E-state index >= 15 is 0 Å². The Morgan fingerprint density at radius 2 is 2.32 bits per heavy atom. The molecule has 0 atom stereocenters. The van der Waals surface area contributed by atoms with Crippen LogP contribution in [0.1, 0.15) is 41.2 Å². The fourth-order valence-electron chi connectivity index (χ4n) is 2.40. The van der Waals surface area contributed by atoms with E-state index in [4.69, 9.17) is 10.9 Å². The van der Waals surface area contributed by atoms with E-state index in [0.29, 0.717) is 5.69 Å². The fraction of sp³-hybridized carbons (Fsp3) is 0.583. The van der Waals surface area contributed by atoms with E-state index in [2.05, 4.69) is 10.1 Å². The number of nitrogens with two attached hydrogens (primary N) is 1. The number of oxime groups is 1. The number of rotatable bonds is 4. The lowest BCUT2D eigenvalue weighted by Crippen LogP contribution is -2.44. The highest BCUT2D eigenvalue weighted by Gasteiger charge is 2.29. The monoisotopic (exact) mass is 282 g/mol. The Kier molecular flexibility index (Phi) is 4.36. The van der Waals surface area contributed by atoms with Crippen molar-refractivity contribution in [3.05, 3.63) is 16.1 Å². The summed E-state index contributed by atoms with van der Waals surface area (Å²) in [6.45, 7) is 2.02. The van der Waals surface area contributed by atoms with Crippen molar-refractivity contribution in [3.8, 4) is 0 Å². The van der Waals surface area contributed by atoms with Gasteiger partial charge < -0.3 is 15.8 Å². The SMILES string of the molecule is Cc1nc(C(=O)N(CC(N)=NO)C2CCCC2)cs1. The summed E-state index contributed by atoms with van der Waals surface area (Å²) in [6, 6.07) is 0.162. The Morgan fingerprint density at radius 1 is 1.63 bits per heavy atom. The van der Waals surface area contributed by atoms with Crippen LogP contribution in [0.3, 0.4) is 0 Å². The molecule has 1 aliphatic rings. The molecule has 0 saturated heterocycles. The molecule has 104 valence electrons. The summed E-state index contributed by atoms with van der Waals surface area (Å²) in [7, 11) is 0. The van der Waals surface area contributed by atoms with Gasteiger partial charge in [-0.15, -0.1) is 11.3 Å². The highest BCUT2D eigenvalue weighted by atomic mass is 32.1. The van der Waals surface area contributed by atoms with Crippen LogP contribution in [0.15, 0.2) is 10.5 Å². The van der Waals surface area contributed by atoms with Crippen LogP contribution in [-0.4, -0.2) is 39.4 Å². The van der Waals surface area contributed by atoms with E-state index in [9.17, 15) is 4.79 Å². The van der Waals surface area contributed by atoms with Gasteiger partial charge >= 0.3 is 0 Å². The highest BCUT2D eigenvalue weighted by Crippen LogP contribution is 2.25. The van der Waals surface area contributed by atoms with Gasteiger partial charge in [0.1, 0.15) is 5.69 Å². The largest absolute Gasteiger partial charge is 0.409 e. The molecule has 19 heavy (non-hydrogen) atoms. The smallest absolute Gasteiger partial charge is 0.273 e. The summed E-state index contributed by atoms with van der Waals surface area (Å²) < 4.78 is 0. The zero-order valence-electron chi connectivity index (χ0n) is 10.9. The minimum atomic E-state index is -0.136. The van der Waals surface area contributed by atoms with Crippen LogP contribution in [0.2, 0.25) is 0 Å². The molecule has 1 fully saturated rings. The second-order valence-electron chi connectivity index (χ2n) is 4.71. The van der Waals surface area contributed by atoms with E-state index in [0.717, 1.165) is 30.7 Å². The summed E-state index contributed by atoms with van der Waals surface area (Å²) in [4.78, 5) is 18.4. The number of nitrogens with zero attached hydrogens (tertiary/aromatic N) is 3. The molecule has 0 bridgehead atoms. The quantitative estimate of drug-likeness (QED) is 0.379. The average Bonchev–Trinajstić information content (AvgIpc) is 3.05. The first-order valence-corrected chi connectivity index (χ1v) is 7.19. The van der Waals surface area contributed by atoms with Crippen LogP contribution < -0.4 is 5.73 Å². The molecule has 0 aliphatic heterocycles. The van der Waals surface area contributed by atoms with Crippen molar-refractivity contribution in [1.82, 2.24) is 9.88 Å². The first-order valence-electron chi connectivity index (χ1n) is 6.31. The van der Waals surface area contributed by atoms with Crippen molar-refractivity contribution in [2.45, 2.75) is 38.6 Å². The molecule has 0 unspecified atom stereocenters. The van der Waals surface area contributed by atoms with Crippen LogP contribution in [-0.2, 0) is 0 Å². The molecule has 1 aromatic heterocycles. The van der Waals surface area contributed by atoms with Gasteiger partial charge in [-0.3, -0.25) is 4.79 Å². The first kappa shape index (κ1) is 13.8. The number of aryl methyl sites for hydroxylation is 1. The number of carbonyl (C=O) groups is 1. The van der Waals surface area contributed by atoms with E-state index < -0.39 is 0 Å². The van der Waals surface area contributed by atoms with Crippen molar-refractivity contribution < 1.29 is 10.0 Å². The van der Waals surface area contributed by atoms with Crippen molar-refractivity contribution in [2.24, 2.45) is 10.9 Å². The molecule has 1 heterocycles. The summed E-state index contributed by atoms with van der Waals surface area (Å²) >= 11 is 1.45. The van der Waals surface area contributed by atoms with Gasteiger partial charge in [-0.25, -0.2) is 4.98 Å². The van der Waals surface area contributed by atoms with Gasteiger partial charge in [0.2, 0.25) is 0 Å². The minimum Gasteiger partial charge on any atom is -0.409 e. The van der Waals surface area contributed by atoms with Crippen LogP contribution in [0.4, 0.5) is 0 Å².